The average Bonchev–Trinajstić information content (AvgIpc) is 1.83. The van der Waals surface area contributed by atoms with Crippen molar-refractivity contribution in [3.63, 3.8) is 0 Å². The average molecular weight is 136 g/mol. The van der Waals surface area contributed by atoms with Crippen LogP contribution in [-0.2, 0) is 4.74 Å². The third-order valence-corrected chi connectivity index (χ3v) is 1.49. The van der Waals surface area contributed by atoms with Gasteiger partial charge in [0, 0.05) is 0 Å². The zero-order valence-electron chi connectivity index (χ0n) is 5.13. The van der Waals surface area contributed by atoms with Crippen molar-refractivity contribution in [2.45, 2.75) is 19.2 Å². The summed E-state index contributed by atoms with van der Waals surface area (Å²) >= 11 is 0. The van der Waals surface area contributed by atoms with Gasteiger partial charge >= 0.3 is 0 Å². The summed E-state index contributed by atoms with van der Waals surface area (Å²) < 4.78 is 5.05. The zero-order chi connectivity index (χ0) is 6.41. The summed E-state index contributed by atoms with van der Waals surface area (Å²) in [5.74, 6) is 0.210. The van der Waals surface area contributed by atoms with Gasteiger partial charge in [0.25, 0.3) is 0 Å². The number of ether oxygens (including phenoxy) is 1. The molecule has 0 aromatic heterocycles. The van der Waals surface area contributed by atoms with Gasteiger partial charge in [0.1, 0.15) is 0 Å². The van der Waals surface area contributed by atoms with Gasteiger partial charge in [-0.25, -0.2) is 0 Å². The van der Waals surface area contributed by atoms with E-state index < -0.39 is 0 Å². The molecular formula is C5H13O2P. The van der Waals surface area contributed by atoms with Gasteiger partial charge in [0.05, 0.1) is 19.1 Å². The topological polar surface area (TPSA) is 29.5 Å². The third kappa shape index (κ3) is 4.51. The first kappa shape index (κ1) is 8.35. The van der Waals surface area contributed by atoms with Crippen molar-refractivity contribution in [1.29, 1.82) is 0 Å². The third-order valence-electron chi connectivity index (χ3n) is 0.826. The van der Waals surface area contributed by atoms with Gasteiger partial charge < -0.3 is 9.84 Å². The molecule has 0 rings (SSSR count). The van der Waals surface area contributed by atoms with E-state index in [-0.39, 0.29) is 12.5 Å². The highest BCUT2D eigenvalue weighted by Crippen LogP contribution is 2.04. The first-order valence-corrected chi connectivity index (χ1v) is 3.46. The zero-order valence-corrected chi connectivity index (χ0v) is 6.29. The minimum Gasteiger partial charge on any atom is -0.394 e. The van der Waals surface area contributed by atoms with E-state index in [2.05, 4.69) is 9.24 Å². The molecule has 0 radical (unpaired) electrons. The van der Waals surface area contributed by atoms with Crippen LogP contribution in [0.4, 0.5) is 0 Å². The minimum absolute atomic E-state index is 0.116. The standard InChI is InChI=1S/C5H13O2P/c1-2-5(8)7-4-3-6/h5-6H,2-4,8H2,1H3. The monoisotopic (exact) mass is 136 g/mol. The van der Waals surface area contributed by atoms with Crippen molar-refractivity contribution >= 4 is 9.24 Å². The first-order valence-electron chi connectivity index (χ1n) is 2.79. The SMILES string of the molecule is CCC(P)OCCO. The lowest BCUT2D eigenvalue weighted by Gasteiger charge is -2.07. The number of aliphatic hydroxyl groups is 1. The van der Waals surface area contributed by atoms with Crippen LogP contribution in [0, 0.1) is 0 Å². The molecule has 0 amide bonds. The maximum atomic E-state index is 8.28. The first-order chi connectivity index (χ1) is 3.81. The quantitative estimate of drug-likeness (QED) is 0.573. The fraction of sp³-hybridized carbons (Fsp3) is 1.00. The van der Waals surface area contributed by atoms with E-state index in [0.717, 1.165) is 6.42 Å². The molecule has 0 aliphatic rings. The number of hydrogen-bond donors (Lipinski definition) is 1. The van der Waals surface area contributed by atoms with Gasteiger partial charge in [-0.2, -0.15) is 0 Å². The van der Waals surface area contributed by atoms with Crippen molar-refractivity contribution in [2.75, 3.05) is 13.2 Å². The van der Waals surface area contributed by atoms with Gasteiger partial charge in [-0.05, 0) is 6.42 Å². The van der Waals surface area contributed by atoms with Crippen LogP contribution < -0.4 is 0 Å². The lowest BCUT2D eigenvalue weighted by atomic mass is 10.5. The second-order valence-corrected chi connectivity index (χ2v) is 2.28. The van der Waals surface area contributed by atoms with Crippen LogP contribution in [0.5, 0.6) is 0 Å². The van der Waals surface area contributed by atoms with E-state index in [1.807, 2.05) is 6.92 Å². The molecule has 0 saturated carbocycles. The van der Waals surface area contributed by atoms with E-state index >= 15 is 0 Å². The Morgan fingerprint density at radius 1 is 1.75 bits per heavy atom. The van der Waals surface area contributed by atoms with Gasteiger partial charge in [0.2, 0.25) is 0 Å². The largest absolute Gasteiger partial charge is 0.394 e. The summed E-state index contributed by atoms with van der Waals surface area (Å²) in [6, 6.07) is 0. The predicted octanol–water partition coefficient (Wildman–Crippen LogP) is 0.606. The number of aliphatic hydroxyl groups excluding tert-OH is 1. The fourth-order valence-corrected chi connectivity index (χ4v) is 0.458. The molecule has 8 heavy (non-hydrogen) atoms. The summed E-state index contributed by atoms with van der Waals surface area (Å²) in [4.78, 5) is 0. The number of rotatable bonds is 4. The van der Waals surface area contributed by atoms with Gasteiger partial charge in [-0.15, -0.1) is 9.24 Å². The molecular weight excluding hydrogens is 123 g/mol. The van der Waals surface area contributed by atoms with Crippen LogP contribution in [-0.4, -0.2) is 24.2 Å². The van der Waals surface area contributed by atoms with Crippen molar-refractivity contribution < 1.29 is 9.84 Å². The van der Waals surface area contributed by atoms with Gasteiger partial charge in [0.15, 0.2) is 0 Å². The molecule has 0 aromatic carbocycles. The van der Waals surface area contributed by atoms with Crippen LogP contribution in [0.2, 0.25) is 0 Å². The lowest BCUT2D eigenvalue weighted by molar-refractivity contribution is 0.0737. The van der Waals surface area contributed by atoms with Crippen LogP contribution >= 0.6 is 9.24 Å². The predicted molar refractivity (Wildman–Crippen MR) is 36.8 cm³/mol. The molecule has 2 atom stereocenters. The van der Waals surface area contributed by atoms with E-state index in [1.54, 1.807) is 0 Å². The molecule has 0 spiro atoms. The van der Waals surface area contributed by atoms with Crippen LogP contribution in [0.3, 0.4) is 0 Å². The van der Waals surface area contributed by atoms with Crippen molar-refractivity contribution in [3.05, 3.63) is 0 Å². The Kier molecular flexibility index (Phi) is 5.73. The molecule has 3 heteroatoms. The van der Waals surface area contributed by atoms with Crippen molar-refractivity contribution in [3.8, 4) is 0 Å². The summed E-state index contributed by atoms with van der Waals surface area (Å²) in [6.45, 7) is 2.60. The number of hydrogen-bond acceptors (Lipinski definition) is 2. The van der Waals surface area contributed by atoms with E-state index in [4.69, 9.17) is 9.84 Å². The molecule has 2 nitrogen and oxygen atoms in total. The molecule has 2 unspecified atom stereocenters. The molecule has 0 heterocycles. The lowest BCUT2D eigenvalue weighted by Crippen LogP contribution is -2.06. The Balaban J connectivity index is 2.86. The highest BCUT2D eigenvalue weighted by molar-refractivity contribution is 7.17. The van der Waals surface area contributed by atoms with Crippen molar-refractivity contribution in [2.24, 2.45) is 0 Å². The minimum atomic E-state index is 0.116. The fourth-order valence-electron chi connectivity index (χ4n) is 0.322. The van der Waals surface area contributed by atoms with E-state index in [0.29, 0.717) is 6.61 Å². The van der Waals surface area contributed by atoms with Gasteiger partial charge in [-0.1, -0.05) is 6.92 Å². The highest BCUT2D eigenvalue weighted by atomic mass is 31.0. The van der Waals surface area contributed by atoms with E-state index in [9.17, 15) is 0 Å². The Morgan fingerprint density at radius 2 is 2.38 bits per heavy atom. The Morgan fingerprint density at radius 3 is 2.75 bits per heavy atom. The molecule has 0 bridgehead atoms. The maximum Gasteiger partial charge on any atom is 0.0707 e. The van der Waals surface area contributed by atoms with Crippen LogP contribution in [0.15, 0.2) is 0 Å². The summed E-state index contributed by atoms with van der Waals surface area (Å²) in [6.07, 6.45) is 0.977. The Labute approximate surface area is 52.4 Å². The Bertz CT molecular complexity index is 49.7. The molecule has 0 saturated heterocycles. The molecule has 0 fully saturated rings. The molecule has 0 aliphatic carbocycles. The summed E-state index contributed by atoms with van der Waals surface area (Å²) in [5.41, 5.74) is 0. The normalized spacial score (nSPS) is 13.9. The maximum absolute atomic E-state index is 8.28. The smallest absolute Gasteiger partial charge is 0.0707 e. The summed E-state index contributed by atoms with van der Waals surface area (Å²) in [5, 5.41) is 8.28. The molecule has 1 N–H and O–H groups in total. The highest BCUT2D eigenvalue weighted by Gasteiger charge is 1.94. The van der Waals surface area contributed by atoms with Crippen LogP contribution in [0.1, 0.15) is 13.3 Å². The Hall–Kier alpha value is 0.350. The van der Waals surface area contributed by atoms with E-state index in [1.165, 1.54) is 0 Å². The van der Waals surface area contributed by atoms with Crippen LogP contribution in [0.25, 0.3) is 0 Å². The summed E-state index contributed by atoms with van der Waals surface area (Å²) in [7, 11) is 2.55. The van der Waals surface area contributed by atoms with Gasteiger partial charge in [-0.3, -0.25) is 0 Å². The molecule has 50 valence electrons. The van der Waals surface area contributed by atoms with Crippen molar-refractivity contribution in [1.82, 2.24) is 0 Å². The second-order valence-electron chi connectivity index (χ2n) is 1.54. The second kappa shape index (κ2) is 5.49. The molecule has 0 aromatic rings. The molecule has 0 aliphatic heterocycles.